The van der Waals surface area contributed by atoms with Crippen LogP contribution in [0.4, 0.5) is 9.59 Å². The van der Waals surface area contributed by atoms with E-state index in [0.29, 0.717) is 12.8 Å². The van der Waals surface area contributed by atoms with E-state index in [1.165, 1.54) is 18.2 Å². The molecule has 0 radical (unpaired) electrons. The molecule has 2 aliphatic heterocycles. The van der Waals surface area contributed by atoms with Crippen molar-refractivity contribution < 1.29 is 47.7 Å². The minimum atomic E-state index is -0.855. The Labute approximate surface area is 210 Å². The molecule has 36 heavy (non-hydrogen) atoms. The van der Waals surface area contributed by atoms with Crippen LogP contribution in [0.5, 0.6) is 11.5 Å². The van der Waals surface area contributed by atoms with Crippen LogP contribution in [-0.2, 0) is 28.6 Å². The van der Waals surface area contributed by atoms with Gasteiger partial charge in [-0.25, -0.2) is 9.59 Å². The standard InChI is InChI=1S/C24H36N2O10/c1-13-10-19(29-5)21(15(3)31-13)35-25-23(27)33-17-8-7-9-18(12-17)34-24(28)26-36-22-16(4)32-14(2)11-20(22)30-6/h7-9,12-16,19-22H,10-11H2,1-6H3,(H,25,27)(H,26,28)/t13-,14-,15-,16-,19-,20-,21-,22-/m0/s1. The lowest BCUT2D eigenvalue weighted by Gasteiger charge is -2.37. The molecule has 2 N–H and O–H groups in total. The van der Waals surface area contributed by atoms with Gasteiger partial charge in [0, 0.05) is 33.1 Å². The van der Waals surface area contributed by atoms with Crippen LogP contribution in [0.15, 0.2) is 24.3 Å². The number of benzene rings is 1. The number of nitrogens with one attached hydrogen (secondary N) is 2. The molecule has 2 amide bonds. The first-order valence-corrected chi connectivity index (χ1v) is 11.9. The number of hydroxylamine groups is 2. The van der Waals surface area contributed by atoms with Gasteiger partial charge < -0.3 is 28.4 Å². The molecule has 1 aromatic carbocycles. The predicted molar refractivity (Wildman–Crippen MR) is 125 cm³/mol. The Balaban J connectivity index is 1.47. The topological polar surface area (TPSA) is 132 Å². The summed E-state index contributed by atoms with van der Waals surface area (Å²) in [4.78, 5) is 35.5. The largest absolute Gasteiger partial charge is 0.436 e. The van der Waals surface area contributed by atoms with Crippen molar-refractivity contribution in [3.05, 3.63) is 24.3 Å². The second kappa shape index (κ2) is 13.2. The van der Waals surface area contributed by atoms with Crippen LogP contribution in [0.3, 0.4) is 0 Å². The fraction of sp³-hybridized carbons (Fsp3) is 0.667. The molecule has 2 heterocycles. The number of methoxy groups -OCH3 is 2. The van der Waals surface area contributed by atoms with Crippen LogP contribution in [-0.4, -0.2) is 75.2 Å². The molecule has 2 saturated heterocycles. The molecule has 0 aliphatic carbocycles. The first-order chi connectivity index (χ1) is 17.2. The van der Waals surface area contributed by atoms with Gasteiger partial charge in [-0.3, -0.25) is 9.68 Å². The minimum Gasteiger partial charge on any atom is -0.409 e. The van der Waals surface area contributed by atoms with Crippen molar-refractivity contribution in [2.75, 3.05) is 14.2 Å². The van der Waals surface area contributed by atoms with Gasteiger partial charge in [0.05, 0.1) is 36.6 Å². The van der Waals surface area contributed by atoms with Crippen molar-refractivity contribution in [2.24, 2.45) is 0 Å². The molecule has 12 heteroatoms. The quantitative estimate of drug-likeness (QED) is 0.501. The molecule has 0 saturated carbocycles. The van der Waals surface area contributed by atoms with E-state index in [4.69, 9.17) is 38.1 Å². The Morgan fingerprint density at radius 3 is 1.58 bits per heavy atom. The summed E-state index contributed by atoms with van der Waals surface area (Å²) in [5.41, 5.74) is 4.52. The number of hydrogen-bond donors (Lipinski definition) is 2. The van der Waals surface area contributed by atoms with Gasteiger partial charge in [0.1, 0.15) is 23.7 Å². The summed E-state index contributed by atoms with van der Waals surface area (Å²) in [5, 5.41) is 0. The van der Waals surface area contributed by atoms with E-state index in [-0.39, 0.29) is 48.1 Å². The van der Waals surface area contributed by atoms with E-state index >= 15 is 0 Å². The van der Waals surface area contributed by atoms with Gasteiger partial charge in [0.15, 0.2) is 0 Å². The number of ether oxygens (including phenoxy) is 6. The number of rotatable bonds is 8. The highest BCUT2D eigenvalue weighted by Crippen LogP contribution is 2.25. The Kier molecular flexibility index (Phi) is 10.3. The van der Waals surface area contributed by atoms with Crippen molar-refractivity contribution in [3.8, 4) is 11.5 Å². The maximum absolute atomic E-state index is 12.2. The summed E-state index contributed by atoms with van der Waals surface area (Å²) < 4.78 is 32.8. The predicted octanol–water partition coefficient (Wildman–Crippen LogP) is 2.89. The fourth-order valence-electron chi connectivity index (χ4n) is 4.42. The Hall–Kier alpha value is -2.48. The summed E-state index contributed by atoms with van der Waals surface area (Å²) in [6, 6.07) is 5.99. The molecule has 0 bridgehead atoms. The number of hydrogen-bond acceptors (Lipinski definition) is 10. The third-order valence-corrected chi connectivity index (χ3v) is 6.07. The van der Waals surface area contributed by atoms with Gasteiger partial charge in [0.25, 0.3) is 0 Å². The van der Waals surface area contributed by atoms with Crippen LogP contribution < -0.4 is 20.4 Å². The lowest BCUT2D eigenvalue weighted by molar-refractivity contribution is -0.200. The second-order valence-electron chi connectivity index (χ2n) is 8.95. The van der Waals surface area contributed by atoms with E-state index in [1.54, 1.807) is 20.3 Å². The molecule has 2 aliphatic rings. The molecule has 2 fully saturated rings. The highest BCUT2D eigenvalue weighted by atomic mass is 16.7. The van der Waals surface area contributed by atoms with E-state index in [9.17, 15) is 9.59 Å². The maximum Gasteiger partial charge on any atom is 0.436 e. The van der Waals surface area contributed by atoms with Gasteiger partial charge in [0.2, 0.25) is 0 Å². The molecule has 0 spiro atoms. The van der Waals surface area contributed by atoms with E-state index in [1.807, 2.05) is 27.7 Å². The van der Waals surface area contributed by atoms with E-state index in [0.717, 1.165) is 0 Å². The van der Waals surface area contributed by atoms with Crippen molar-refractivity contribution in [1.29, 1.82) is 0 Å². The Morgan fingerprint density at radius 1 is 0.778 bits per heavy atom. The minimum absolute atomic E-state index is 0.0200. The van der Waals surface area contributed by atoms with Crippen molar-refractivity contribution in [3.63, 3.8) is 0 Å². The smallest absolute Gasteiger partial charge is 0.409 e. The summed E-state index contributed by atoms with van der Waals surface area (Å²) >= 11 is 0. The Bertz CT molecular complexity index is 806. The van der Waals surface area contributed by atoms with Crippen LogP contribution in [0, 0.1) is 0 Å². The average molecular weight is 513 g/mol. The van der Waals surface area contributed by atoms with Gasteiger partial charge in [-0.1, -0.05) is 6.07 Å². The molecule has 1 aromatic rings. The average Bonchev–Trinajstić information content (AvgIpc) is 2.82. The zero-order valence-corrected chi connectivity index (χ0v) is 21.4. The van der Waals surface area contributed by atoms with Crippen LogP contribution in [0.1, 0.15) is 40.5 Å². The van der Waals surface area contributed by atoms with E-state index < -0.39 is 24.4 Å². The highest BCUT2D eigenvalue weighted by molar-refractivity contribution is 5.71. The van der Waals surface area contributed by atoms with Gasteiger partial charge >= 0.3 is 12.2 Å². The van der Waals surface area contributed by atoms with Crippen LogP contribution >= 0.6 is 0 Å². The molecule has 8 atom stereocenters. The SMILES string of the molecule is CO[C@H]1C[C@H](C)O[C@@H](C)[C@@H]1ONC(=O)Oc1cccc(OC(=O)NO[C@H]2[C@H](C)O[C@@H](C)C[C@@H]2OC)c1. The fourth-order valence-corrected chi connectivity index (χ4v) is 4.42. The number of carbonyl (C=O) groups is 2. The van der Waals surface area contributed by atoms with E-state index in [2.05, 4.69) is 11.0 Å². The molecular weight excluding hydrogens is 476 g/mol. The number of amides is 2. The first kappa shape index (κ1) is 28.1. The summed E-state index contributed by atoms with van der Waals surface area (Å²) in [6.07, 6.45) is -2.48. The van der Waals surface area contributed by atoms with Crippen molar-refractivity contribution in [2.45, 2.75) is 89.4 Å². The van der Waals surface area contributed by atoms with Crippen LogP contribution in [0.25, 0.3) is 0 Å². The zero-order chi connectivity index (χ0) is 26.2. The molecule has 0 aromatic heterocycles. The summed E-state index contributed by atoms with van der Waals surface area (Å²) in [6.45, 7) is 7.58. The molecule has 12 nitrogen and oxygen atoms in total. The van der Waals surface area contributed by atoms with Crippen molar-refractivity contribution >= 4 is 12.2 Å². The first-order valence-electron chi connectivity index (χ1n) is 11.9. The summed E-state index contributed by atoms with van der Waals surface area (Å²) in [7, 11) is 3.16. The number of carbonyl (C=O) groups excluding carboxylic acids is 2. The maximum atomic E-state index is 12.2. The van der Waals surface area contributed by atoms with Gasteiger partial charge in [-0.2, -0.15) is 11.0 Å². The molecule has 0 unspecified atom stereocenters. The molecule has 202 valence electrons. The van der Waals surface area contributed by atoms with Crippen molar-refractivity contribution in [1.82, 2.24) is 11.0 Å². The second-order valence-corrected chi connectivity index (χ2v) is 8.95. The monoisotopic (exact) mass is 512 g/mol. The third kappa shape index (κ3) is 7.76. The molecular formula is C24H36N2O10. The lowest BCUT2D eigenvalue weighted by atomic mass is 9.99. The molecule has 3 rings (SSSR count). The third-order valence-electron chi connectivity index (χ3n) is 6.07. The van der Waals surface area contributed by atoms with Gasteiger partial charge in [-0.05, 0) is 39.8 Å². The lowest BCUT2D eigenvalue weighted by Crippen LogP contribution is -2.51. The summed E-state index contributed by atoms with van der Waals surface area (Å²) in [5.74, 6) is 0.268. The normalized spacial score (nSPS) is 32.4. The highest BCUT2D eigenvalue weighted by Gasteiger charge is 2.38. The zero-order valence-electron chi connectivity index (χ0n) is 21.4. The Morgan fingerprint density at radius 2 is 1.19 bits per heavy atom. The van der Waals surface area contributed by atoms with Gasteiger partial charge in [-0.15, -0.1) is 0 Å². The van der Waals surface area contributed by atoms with Crippen LogP contribution in [0.2, 0.25) is 0 Å².